The highest BCUT2D eigenvalue weighted by atomic mass is 16.5. The minimum absolute atomic E-state index is 0.212. The molecule has 3 heteroatoms. The highest BCUT2D eigenvalue weighted by molar-refractivity contribution is 5.91. The van der Waals surface area contributed by atoms with Gasteiger partial charge in [0, 0.05) is 17.9 Å². The lowest BCUT2D eigenvalue weighted by Gasteiger charge is -2.17. The smallest absolute Gasteiger partial charge is 0.334 e. The van der Waals surface area contributed by atoms with Gasteiger partial charge in [0.1, 0.15) is 0 Å². The van der Waals surface area contributed by atoms with Crippen LogP contribution < -0.4 is 0 Å². The van der Waals surface area contributed by atoms with Gasteiger partial charge in [-0.1, -0.05) is 51.2 Å². The van der Waals surface area contributed by atoms with Gasteiger partial charge in [-0.25, -0.2) is 4.79 Å². The molecule has 1 saturated heterocycles. The van der Waals surface area contributed by atoms with Crippen molar-refractivity contribution in [2.75, 3.05) is 13.7 Å². The summed E-state index contributed by atoms with van der Waals surface area (Å²) in [6.45, 7) is 6.95. The van der Waals surface area contributed by atoms with E-state index in [1.165, 1.54) is 39.2 Å². The quantitative estimate of drug-likeness (QED) is 0.404. The molecule has 0 aromatic heterocycles. The topological polar surface area (TPSA) is 35.5 Å². The van der Waals surface area contributed by atoms with Crippen molar-refractivity contribution in [3.63, 3.8) is 0 Å². The predicted octanol–water partition coefficient (Wildman–Crippen LogP) is 3.79. The maximum Gasteiger partial charge on any atom is 0.334 e. The third kappa shape index (κ3) is 3.14. The van der Waals surface area contributed by atoms with Crippen LogP contribution in [-0.4, -0.2) is 25.8 Å². The first kappa shape index (κ1) is 15.3. The molecule has 3 nitrogen and oxygen atoms in total. The zero-order valence-corrected chi connectivity index (χ0v) is 12.7. The van der Waals surface area contributed by atoms with Crippen LogP contribution in [-0.2, 0) is 14.3 Å². The fourth-order valence-electron chi connectivity index (χ4n) is 3.37. The third-order valence-corrected chi connectivity index (χ3v) is 4.46. The number of carbonyl (C=O) groups excluding carboxylic acids is 1. The first-order valence-corrected chi connectivity index (χ1v) is 7.78. The van der Waals surface area contributed by atoms with Crippen molar-refractivity contribution in [2.24, 2.45) is 5.92 Å². The van der Waals surface area contributed by atoms with E-state index in [1.807, 2.05) is 0 Å². The Kier molecular flexibility index (Phi) is 5.41. The number of hydrogen-bond acceptors (Lipinski definition) is 3. The van der Waals surface area contributed by atoms with Crippen LogP contribution in [0, 0.1) is 5.92 Å². The average Bonchev–Trinajstić information content (AvgIpc) is 3.00. The number of esters is 1. The van der Waals surface area contributed by atoms with E-state index in [-0.39, 0.29) is 18.0 Å². The number of rotatable bonds is 7. The van der Waals surface area contributed by atoms with Crippen LogP contribution >= 0.6 is 0 Å². The summed E-state index contributed by atoms with van der Waals surface area (Å²) in [4.78, 5) is 11.8. The maximum atomic E-state index is 11.8. The molecule has 1 fully saturated rings. The van der Waals surface area contributed by atoms with E-state index in [9.17, 15) is 4.79 Å². The second kappa shape index (κ2) is 7.07. The lowest BCUT2D eigenvalue weighted by molar-refractivity contribution is -0.136. The molecule has 0 amide bonds. The van der Waals surface area contributed by atoms with Gasteiger partial charge in [0.2, 0.25) is 0 Å². The maximum absolute atomic E-state index is 11.8. The third-order valence-electron chi connectivity index (χ3n) is 4.46. The van der Waals surface area contributed by atoms with Crippen LogP contribution in [0.2, 0.25) is 0 Å². The molecular weight excluding hydrogens is 252 g/mol. The first-order chi connectivity index (χ1) is 9.69. The van der Waals surface area contributed by atoms with Gasteiger partial charge in [0.25, 0.3) is 0 Å². The summed E-state index contributed by atoms with van der Waals surface area (Å²) in [6.07, 6.45) is 8.35. The summed E-state index contributed by atoms with van der Waals surface area (Å²) >= 11 is 0. The average molecular weight is 278 g/mol. The van der Waals surface area contributed by atoms with Gasteiger partial charge in [-0.05, 0) is 12.0 Å². The number of hydrogen-bond donors (Lipinski definition) is 0. The molecule has 1 aliphatic carbocycles. The summed E-state index contributed by atoms with van der Waals surface area (Å²) in [5, 5.41) is 0. The van der Waals surface area contributed by atoms with Gasteiger partial charge < -0.3 is 9.47 Å². The normalized spacial score (nSPS) is 25.2. The van der Waals surface area contributed by atoms with Crippen molar-refractivity contribution in [2.45, 2.75) is 58.0 Å². The summed E-state index contributed by atoms with van der Waals surface area (Å²) in [5.41, 5.74) is 3.04. The zero-order chi connectivity index (χ0) is 14.5. The largest absolute Gasteiger partial charge is 0.466 e. The minimum Gasteiger partial charge on any atom is -0.466 e. The predicted molar refractivity (Wildman–Crippen MR) is 79.4 cm³/mol. The summed E-state index contributed by atoms with van der Waals surface area (Å²) in [6, 6.07) is 0. The van der Waals surface area contributed by atoms with Crippen LogP contribution in [0.25, 0.3) is 0 Å². The number of methoxy groups -OCH3 is 1. The van der Waals surface area contributed by atoms with E-state index in [2.05, 4.69) is 13.5 Å². The Morgan fingerprint density at radius 1 is 1.35 bits per heavy atom. The summed E-state index contributed by atoms with van der Waals surface area (Å²) in [7, 11) is 1.44. The van der Waals surface area contributed by atoms with Crippen LogP contribution in [0.5, 0.6) is 0 Å². The van der Waals surface area contributed by atoms with Crippen molar-refractivity contribution < 1.29 is 14.3 Å². The molecule has 2 aliphatic rings. The monoisotopic (exact) mass is 278 g/mol. The fourth-order valence-corrected chi connectivity index (χ4v) is 3.37. The summed E-state index contributed by atoms with van der Waals surface area (Å²) < 4.78 is 10.8. The molecule has 0 N–H and O–H groups in total. The van der Waals surface area contributed by atoms with Crippen LogP contribution in [0.3, 0.4) is 0 Å². The zero-order valence-electron chi connectivity index (χ0n) is 12.7. The van der Waals surface area contributed by atoms with E-state index >= 15 is 0 Å². The second-order valence-corrected chi connectivity index (χ2v) is 5.86. The Balaban J connectivity index is 1.91. The molecule has 0 bridgehead atoms. The highest BCUT2D eigenvalue weighted by Crippen LogP contribution is 2.45. The Morgan fingerprint density at radius 3 is 2.80 bits per heavy atom. The van der Waals surface area contributed by atoms with E-state index in [4.69, 9.17) is 9.47 Å². The lowest BCUT2D eigenvalue weighted by Crippen LogP contribution is -2.16. The minimum atomic E-state index is -0.212. The van der Waals surface area contributed by atoms with Crippen LogP contribution in [0.4, 0.5) is 0 Å². The fraction of sp³-hybridized carbons (Fsp3) is 0.706. The van der Waals surface area contributed by atoms with Gasteiger partial charge in [-0.3, -0.25) is 0 Å². The van der Waals surface area contributed by atoms with E-state index in [1.54, 1.807) is 0 Å². The lowest BCUT2D eigenvalue weighted by atomic mass is 9.91. The highest BCUT2D eigenvalue weighted by Gasteiger charge is 2.42. The molecule has 2 rings (SSSR count). The Morgan fingerprint density at radius 2 is 2.10 bits per heavy atom. The molecule has 2 atom stereocenters. The van der Waals surface area contributed by atoms with Gasteiger partial charge in [-0.2, -0.15) is 0 Å². The van der Waals surface area contributed by atoms with Crippen LogP contribution in [0.15, 0.2) is 23.3 Å². The van der Waals surface area contributed by atoms with E-state index in [0.717, 1.165) is 23.1 Å². The van der Waals surface area contributed by atoms with E-state index < -0.39 is 0 Å². The van der Waals surface area contributed by atoms with Crippen molar-refractivity contribution in [3.8, 4) is 0 Å². The van der Waals surface area contributed by atoms with Gasteiger partial charge in [0.05, 0.1) is 19.8 Å². The Bertz CT molecular complexity index is 408. The number of fused-ring (bicyclic) bond motifs is 1. The van der Waals surface area contributed by atoms with Crippen molar-refractivity contribution in [3.05, 3.63) is 23.3 Å². The molecule has 0 radical (unpaired) electrons. The molecule has 0 aromatic carbocycles. The van der Waals surface area contributed by atoms with Crippen molar-refractivity contribution in [1.29, 1.82) is 0 Å². The van der Waals surface area contributed by atoms with Gasteiger partial charge >= 0.3 is 5.97 Å². The van der Waals surface area contributed by atoms with Gasteiger partial charge in [-0.15, -0.1) is 0 Å². The molecule has 0 aromatic rings. The molecule has 1 heterocycles. The molecule has 1 aliphatic heterocycles. The van der Waals surface area contributed by atoms with Crippen molar-refractivity contribution in [1.82, 2.24) is 0 Å². The first-order valence-electron chi connectivity index (χ1n) is 7.78. The number of ether oxygens (including phenoxy) is 2. The van der Waals surface area contributed by atoms with E-state index in [0.29, 0.717) is 13.0 Å². The molecule has 112 valence electrons. The number of unbranched alkanes of at least 4 members (excludes halogenated alkanes) is 4. The van der Waals surface area contributed by atoms with Crippen molar-refractivity contribution >= 4 is 5.97 Å². The Labute approximate surface area is 122 Å². The Hall–Kier alpha value is -1.09. The molecular formula is C17H26O3. The second-order valence-electron chi connectivity index (χ2n) is 5.86. The van der Waals surface area contributed by atoms with Crippen LogP contribution in [0.1, 0.15) is 51.9 Å². The molecule has 0 saturated carbocycles. The molecule has 0 spiro atoms. The SMILES string of the molecule is C=C1CC(C(=O)OC)=C2CO[C@@H](CCCCCCC)[C@H]12. The summed E-state index contributed by atoms with van der Waals surface area (Å²) in [5.74, 6) is 0.0473. The standard InChI is InChI=1S/C17H26O3/c1-4-5-6-7-8-9-15-16-12(2)10-13(17(18)19-3)14(16)11-20-15/h15-16H,2,4-11H2,1,3H3/t15-,16+/m0/s1. The number of carbonyl (C=O) groups is 1. The molecule has 0 unspecified atom stereocenters. The van der Waals surface area contributed by atoms with Gasteiger partial charge in [0.15, 0.2) is 0 Å². The molecule has 20 heavy (non-hydrogen) atoms.